The van der Waals surface area contributed by atoms with E-state index in [0.717, 1.165) is 0 Å². The van der Waals surface area contributed by atoms with E-state index < -0.39 is 5.97 Å². The highest BCUT2D eigenvalue weighted by Crippen LogP contribution is 2.50. The highest BCUT2D eigenvalue weighted by atomic mass is 16.5. The first-order chi connectivity index (χ1) is 9.15. The Morgan fingerprint density at radius 1 is 1.21 bits per heavy atom. The van der Waals surface area contributed by atoms with Gasteiger partial charge in [0.05, 0.1) is 19.1 Å². The summed E-state index contributed by atoms with van der Waals surface area (Å²) >= 11 is 0. The molecule has 106 valence electrons. The molecular formula is C14H21NO4. The van der Waals surface area contributed by atoms with Crippen LogP contribution >= 0.6 is 0 Å². The van der Waals surface area contributed by atoms with Crippen LogP contribution in [0.3, 0.4) is 0 Å². The van der Waals surface area contributed by atoms with Crippen LogP contribution in [0.2, 0.25) is 0 Å². The molecule has 2 saturated carbocycles. The van der Waals surface area contributed by atoms with Crippen LogP contribution in [0.5, 0.6) is 0 Å². The quantitative estimate of drug-likeness (QED) is 0.810. The fraction of sp³-hybridized carbons (Fsp3) is 0.857. The van der Waals surface area contributed by atoms with Crippen molar-refractivity contribution in [2.75, 3.05) is 19.7 Å². The molecule has 1 amide bonds. The van der Waals surface area contributed by atoms with Crippen molar-refractivity contribution in [2.24, 2.45) is 17.8 Å². The van der Waals surface area contributed by atoms with Crippen molar-refractivity contribution in [3.8, 4) is 0 Å². The van der Waals surface area contributed by atoms with Crippen LogP contribution in [-0.2, 0) is 14.3 Å². The van der Waals surface area contributed by atoms with Gasteiger partial charge in [-0.3, -0.25) is 9.59 Å². The third-order valence-corrected chi connectivity index (χ3v) is 4.40. The van der Waals surface area contributed by atoms with E-state index in [9.17, 15) is 9.59 Å². The third-order valence-electron chi connectivity index (χ3n) is 4.40. The number of nitrogens with zero attached hydrogens (tertiary/aromatic N) is 1. The van der Waals surface area contributed by atoms with Gasteiger partial charge in [-0.15, -0.1) is 0 Å². The van der Waals surface area contributed by atoms with Gasteiger partial charge >= 0.3 is 5.97 Å². The van der Waals surface area contributed by atoms with Gasteiger partial charge in [0.2, 0.25) is 5.91 Å². The van der Waals surface area contributed by atoms with Gasteiger partial charge < -0.3 is 14.7 Å². The Balaban J connectivity index is 1.60. The first kappa shape index (κ1) is 12.9. The zero-order valence-corrected chi connectivity index (χ0v) is 11.1. The van der Waals surface area contributed by atoms with Crippen LogP contribution in [-0.4, -0.2) is 47.7 Å². The molecule has 1 atom stereocenters. The lowest BCUT2D eigenvalue weighted by molar-refractivity contribution is -0.150. The van der Waals surface area contributed by atoms with Crippen molar-refractivity contribution < 1.29 is 19.4 Å². The Hall–Kier alpha value is -1.10. The Labute approximate surface area is 112 Å². The second-order valence-electron chi connectivity index (χ2n) is 6.08. The standard InChI is InChI=1S/C14H21NO4/c16-12(17)7-11-8-15(5-6-19-11)14(18)13(9-1-2-9)10-3-4-10/h9-11,13H,1-8H2,(H,16,17). The molecule has 1 aliphatic heterocycles. The second-order valence-corrected chi connectivity index (χ2v) is 6.08. The third kappa shape index (κ3) is 3.08. The van der Waals surface area contributed by atoms with Gasteiger partial charge in [0.1, 0.15) is 0 Å². The van der Waals surface area contributed by atoms with Crippen LogP contribution in [0.25, 0.3) is 0 Å². The van der Waals surface area contributed by atoms with E-state index in [2.05, 4.69) is 0 Å². The zero-order valence-electron chi connectivity index (χ0n) is 11.1. The lowest BCUT2D eigenvalue weighted by Gasteiger charge is -2.34. The Kier molecular flexibility index (Phi) is 3.48. The lowest BCUT2D eigenvalue weighted by atomic mass is 9.95. The number of carbonyl (C=O) groups excluding carboxylic acids is 1. The van der Waals surface area contributed by atoms with E-state index in [1.54, 1.807) is 0 Å². The Bertz CT molecular complexity index is 364. The lowest BCUT2D eigenvalue weighted by Crippen LogP contribution is -2.49. The summed E-state index contributed by atoms with van der Waals surface area (Å²) in [5, 5.41) is 8.81. The van der Waals surface area contributed by atoms with Crippen molar-refractivity contribution in [3.05, 3.63) is 0 Å². The van der Waals surface area contributed by atoms with E-state index in [1.807, 2.05) is 4.90 Å². The van der Waals surface area contributed by atoms with Gasteiger partial charge in [0.15, 0.2) is 0 Å². The number of ether oxygens (including phenoxy) is 1. The van der Waals surface area contributed by atoms with Gasteiger partial charge in [-0.05, 0) is 37.5 Å². The number of rotatable bonds is 5. The molecule has 0 aromatic rings. The smallest absolute Gasteiger partial charge is 0.306 e. The van der Waals surface area contributed by atoms with Crippen LogP contribution in [0.15, 0.2) is 0 Å². The minimum atomic E-state index is -0.861. The topological polar surface area (TPSA) is 66.8 Å². The normalized spacial score (nSPS) is 27.6. The predicted octanol–water partition coefficient (Wildman–Crippen LogP) is 1.12. The fourth-order valence-electron chi connectivity index (χ4n) is 3.15. The summed E-state index contributed by atoms with van der Waals surface area (Å²) in [6.45, 7) is 1.53. The highest BCUT2D eigenvalue weighted by Gasteiger charge is 2.47. The average molecular weight is 267 g/mol. The van der Waals surface area contributed by atoms with E-state index in [4.69, 9.17) is 9.84 Å². The van der Waals surface area contributed by atoms with Crippen LogP contribution in [0.1, 0.15) is 32.1 Å². The number of morpholine rings is 1. The number of amides is 1. The minimum Gasteiger partial charge on any atom is -0.481 e. The number of aliphatic carboxylic acids is 1. The molecule has 0 aromatic carbocycles. The van der Waals surface area contributed by atoms with Gasteiger partial charge in [0.25, 0.3) is 0 Å². The number of carbonyl (C=O) groups is 2. The van der Waals surface area contributed by atoms with E-state index in [-0.39, 0.29) is 24.3 Å². The molecular weight excluding hydrogens is 246 g/mol. The molecule has 0 aromatic heterocycles. The molecule has 2 aliphatic carbocycles. The van der Waals surface area contributed by atoms with E-state index in [1.165, 1.54) is 25.7 Å². The van der Waals surface area contributed by atoms with Gasteiger partial charge in [0, 0.05) is 19.0 Å². The highest BCUT2D eigenvalue weighted by molar-refractivity contribution is 5.80. The molecule has 1 saturated heterocycles. The summed E-state index contributed by atoms with van der Waals surface area (Å²) in [7, 11) is 0. The molecule has 0 spiro atoms. The number of carboxylic acid groups (broad SMARTS) is 1. The minimum absolute atomic E-state index is 0.0126. The summed E-state index contributed by atoms with van der Waals surface area (Å²) in [6, 6.07) is 0. The summed E-state index contributed by atoms with van der Waals surface area (Å²) in [5.41, 5.74) is 0. The molecule has 19 heavy (non-hydrogen) atoms. The molecule has 3 fully saturated rings. The van der Waals surface area contributed by atoms with Crippen LogP contribution in [0.4, 0.5) is 0 Å². The van der Waals surface area contributed by atoms with Crippen molar-refractivity contribution in [2.45, 2.75) is 38.2 Å². The van der Waals surface area contributed by atoms with Crippen molar-refractivity contribution in [1.29, 1.82) is 0 Å². The summed E-state index contributed by atoms with van der Waals surface area (Å²) in [6.07, 6.45) is 4.41. The molecule has 5 heteroatoms. The average Bonchev–Trinajstić information content (AvgIpc) is 3.23. The zero-order chi connectivity index (χ0) is 13.4. The van der Waals surface area contributed by atoms with Gasteiger partial charge in [-0.25, -0.2) is 0 Å². The molecule has 3 rings (SSSR count). The number of hydrogen-bond acceptors (Lipinski definition) is 3. The predicted molar refractivity (Wildman–Crippen MR) is 67.5 cm³/mol. The SMILES string of the molecule is O=C(O)CC1CN(C(=O)C(C2CC2)C2CC2)CCO1. The number of hydrogen-bond donors (Lipinski definition) is 1. The summed E-state index contributed by atoms with van der Waals surface area (Å²) < 4.78 is 5.43. The maximum Gasteiger partial charge on any atom is 0.306 e. The van der Waals surface area contributed by atoms with Crippen LogP contribution < -0.4 is 0 Å². The van der Waals surface area contributed by atoms with Gasteiger partial charge in [-0.1, -0.05) is 0 Å². The van der Waals surface area contributed by atoms with E-state index >= 15 is 0 Å². The molecule has 0 bridgehead atoms. The summed E-state index contributed by atoms with van der Waals surface area (Å²) in [4.78, 5) is 25.2. The molecule has 1 heterocycles. The molecule has 3 aliphatic rings. The first-order valence-electron chi connectivity index (χ1n) is 7.27. The fourth-order valence-corrected chi connectivity index (χ4v) is 3.15. The second kappa shape index (κ2) is 5.12. The maximum atomic E-state index is 12.6. The Morgan fingerprint density at radius 2 is 1.84 bits per heavy atom. The first-order valence-corrected chi connectivity index (χ1v) is 7.27. The van der Waals surface area contributed by atoms with Crippen molar-refractivity contribution in [1.82, 2.24) is 4.90 Å². The van der Waals surface area contributed by atoms with E-state index in [0.29, 0.717) is 31.5 Å². The monoisotopic (exact) mass is 267 g/mol. The maximum absolute atomic E-state index is 12.6. The largest absolute Gasteiger partial charge is 0.481 e. The van der Waals surface area contributed by atoms with Gasteiger partial charge in [-0.2, -0.15) is 0 Å². The van der Waals surface area contributed by atoms with Crippen LogP contribution in [0, 0.1) is 17.8 Å². The number of carboxylic acids is 1. The molecule has 5 nitrogen and oxygen atoms in total. The molecule has 0 radical (unpaired) electrons. The van der Waals surface area contributed by atoms with Crippen molar-refractivity contribution in [3.63, 3.8) is 0 Å². The molecule has 1 unspecified atom stereocenters. The summed E-state index contributed by atoms with van der Waals surface area (Å²) in [5.74, 6) is 0.800. The van der Waals surface area contributed by atoms with Crippen molar-refractivity contribution >= 4 is 11.9 Å². The molecule has 1 N–H and O–H groups in total. The Morgan fingerprint density at radius 3 is 2.37 bits per heavy atom.